The van der Waals surface area contributed by atoms with E-state index in [4.69, 9.17) is 4.74 Å². The zero-order chi connectivity index (χ0) is 12.2. The number of aryl methyl sites for hydroxylation is 1. The van der Waals surface area contributed by atoms with E-state index in [2.05, 4.69) is 15.5 Å². The molecule has 0 spiro atoms. The van der Waals surface area contributed by atoms with Gasteiger partial charge in [-0.2, -0.15) is 0 Å². The van der Waals surface area contributed by atoms with Gasteiger partial charge >= 0.3 is 0 Å². The largest absolute Gasteiger partial charge is 0.366 e. The van der Waals surface area contributed by atoms with Crippen LogP contribution in [0.15, 0.2) is 6.33 Å². The third kappa shape index (κ3) is 4.39. The first-order valence-corrected chi connectivity index (χ1v) is 5.12. The number of ether oxygens (including phenoxy) is 1. The molecule has 0 saturated heterocycles. The Morgan fingerprint density at radius 1 is 1.56 bits per heavy atom. The normalized spacial score (nSPS) is 11.5. The number of nitrogens with zero attached hydrogens (tertiary/aromatic N) is 3. The highest BCUT2D eigenvalue weighted by molar-refractivity contribution is 5.77. The molecule has 1 rings (SSSR count). The van der Waals surface area contributed by atoms with E-state index in [1.54, 1.807) is 10.9 Å². The fraction of sp³-hybridized carbons (Fsp3) is 0.700. The third-order valence-corrected chi connectivity index (χ3v) is 1.89. The van der Waals surface area contributed by atoms with Crippen molar-refractivity contribution in [3.8, 4) is 0 Å². The molecule has 0 fully saturated rings. The van der Waals surface area contributed by atoms with Gasteiger partial charge in [-0.15, -0.1) is 10.2 Å². The van der Waals surface area contributed by atoms with Gasteiger partial charge in [0.15, 0.2) is 5.82 Å². The summed E-state index contributed by atoms with van der Waals surface area (Å²) in [6.07, 6.45) is 1.59. The summed E-state index contributed by atoms with van der Waals surface area (Å²) in [5.74, 6) is 0.557. The average Bonchev–Trinajstić information content (AvgIpc) is 2.57. The molecule has 0 aliphatic rings. The number of carbonyl (C=O) groups is 1. The van der Waals surface area contributed by atoms with E-state index in [1.165, 1.54) is 0 Å². The highest BCUT2D eigenvalue weighted by Gasteiger charge is 2.13. The number of hydrogen-bond acceptors (Lipinski definition) is 4. The summed E-state index contributed by atoms with van der Waals surface area (Å²) in [6, 6.07) is 0. The van der Waals surface area contributed by atoms with E-state index in [9.17, 15) is 4.79 Å². The highest BCUT2D eigenvalue weighted by atomic mass is 16.5. The fourth-order valence-electron chi connectivity index (χ4n) is 0.978. The van der Waals surface area contributed by atoms with Gasteiger partial charge in [-0.25, -0.2) is 0 Å². The number of rotatable bonds is 4. The Labute approximate surface area is 95.0 Å². The van der Waals surface area contributed by atoms with Gasteiger partial charge in [0, 0.05) is 7.05 Å². The minimum absolute atomic E-state index is 0.0569. The van der Waals surface area contributed by atoms with Crippen LogP contribution in [0.5, 0.6) is 0 Å². The van der Waals surface area contributed by atoms with Crippen molar-refractivity contribution in [1.82, 2.24) is 20.1 Å². The Balaban J connectivity index is 2.29. The molecule has 16 heavy (non-hydrogen) atoms. The van der Waals surface area contributed by atoms with Crippen LogP contribution in [0, 0.1) is 0 Å². The van der Waals surface area contributed by atoms with Crippen molar-refractivity contribution in [3.05, 3.63) is 12.2 Å². The summed E-state index contributed by atoms with van der Waals surface area (Å²) in [7, 11) is 1.83. The van der Waals surface area contributed by atoms with Crippen LogP contribution >= 0.6 is 0 Å². The highest BCUT2D eigenvalue weighted by Crippen LogP contribution is 2.05. The van der Waals surface area contributed by atoms with Crippen LogP contribution in [0.25, 0.3) is 0 Å². The second kappa shape index (κ2) is 5.07. The van der Waals surface area contributed by atoms with Crippen LogP contribution < -0.4 is 5.32 Å². The van der Waals surface area contributed by atoms with Gasteiger partial charge in [-0.05, 0) is 20.8 Å². The lowest BCUT2D eigenvalue weighted by Gasteiger charge is -2.18. The fourth-order valence-corrected chi connectivity index (χ4v) is 0.978. The molecule has 0 radical (unpaired) electrons. The molecule has 0 aliphatic heterocycles. The van der Waals surface area contributed by atoms with Gasteiger partial charge in [-0.1, -0.05) is 0 Å². The second-order valence-electron chi connectivity index (χ2n) is 4.54. The SMILES string of the molecule is Cn1cnnc1CNC(=O)COC(C)(C)C. The molecule has 1 heterocycles. The molecule has 0 aliphatic carbocycles. The maximum atomic E-state index is 11.4. The van der Waals surface area contributed by atoms with Crippen molar-refractivity contribution < 1.29 is 9.53 Å². The molecular formula is C10H18N4O2. The van der Waals surface area contributed by atoms with Crippen LogP contribution in [0.3, 0.4) is 0 Å². The van der Waals surface area contributed by atoms with Crippen LogP contribution in [-0.2, 0) is 23.1 Å². The van der Waals surface area contributed by atoms with E-state index in [0.29, 0.717) is 12.4 Å². The Morgan fingerprint density at radius 2 is 2.25 bits per heavy atom. The van der Waals surface area contributed by atoms with Gasteiger partial charge in [-0.3, -0.25) is 4.79 Å². The monoisotopic (exact) mass is 226 g/mol. The lowest BCUT2D eigenvalue weighted by molar-refractivity contribution is -0.130. The quantitative estimate of drug-likeness (QED) is 0.798. The summed E-state index contributed by atoms with van der Waals surface area (Å²) < 4.78 is 7.09. The summed E-state index contributed by atoms with van der Waals surface area (Å²) in [5, 5.41) is 10.3. The van der Waals surface area contributed by atoms with E-state index in [0.717, 1.165) is 0 Å². The first-order valence-electron chi connectivity index (χ1n) is 5.12. The molecule has 1 aromatic heterocycles. The van der Waals surface area contributed by atoms with Gasteiger partial charge in [0.2, 0.25) is 5.91 Å². The van der Waals surface area contributed by atoms with Crippen LogP contribution in [-0.4, -0.2) is 32.9 Å². The molecule has 1 N–H and O–H groups in total. The minimum atomic E-state index is -0.303. The molecule has 0 bridgehead atoms. The summed E-state index contributed by atoms with van der Waals surface area (Å²) in [5.41, 5.74) is -0.303. The van der Waals surface area contributed by atoms with E-state index in [-0.39, 0.29) is 18.1 Å². The molecule has 0 unspecified atom stereocenters. The number of hydrogen-bond donors (Lipinski definition) is 1. The molecule has 6 nitrogen and oxygen atoms in total. The third-order valence-electron chi connectivity index (χ3n) is 1.89. The predicted molar refractivity (Wildman–Crippen MR) is 58.6 cm³/mol. The van der Waals surface area contributed by atoms with Gasteiger partial charge in [0.25, 0.3) is 0 Å². The predicted octanol–water partition coefficient (Wildman–Crippen LogP) is 0.246. The van der Waals surface area contributed by atoms with Crippen molar-refractivity contribution in [2.75, 3.05) is 6.61 Å². The first-order chi connectivity index (χ1) is 7.38. The van der Waals surface area contributed by atoms with Crippen molar-refractivity contribution in [1.29, 1.82) is 0 Å². The van der Waals surface area contributed by atoms with E-state index >= 15 is 0 Å². The minimum Gasteiger partial charge on any atom is -0.366 e. The van der Waals surface area contributed by atoms with Crippen LogP contribution in [0.2, 0.25) is 0 Å². The molecule has 0 aromatic carbocycles. The zero-order valence-electron chi connectivity index (χ0n) is 10.1. The number of carbonyl (C=O) groups excluding carboxylic acids is 1. The number of aromatic nitrogens is 3. The van der Waals surface area contributed by atoms with Gasteiger partial charge < -0.3 is 14.6 Å². The molecule has 1 aromatic rings. The summed E-state index contributed by atoms with van der Waals surface area (Å²) >= 11 is 0. The topological polar surface area (TPSA) is 69.0 Å². The van der Waals surface area contributed by atoms with Crippen LogP contribution in [0.4, 0.5) is 0 Å². The molecule has 0 saturated carbocycles. The van der Waals surface area contributed by atoms with E-state index < -0.39 is 0 Å². The number of amides is 1. The summed E-state index contributed by atoms with van der Waals surface area (Å²) in [4.78, 5) is 11.4. The molecular weight excluding hydrogens is 208 g/mol. The van der Waals surface area contributed by atoms with Crippen molar-refractivity contribution in [2.24, 2.45) is 7.05 Å². The lowest BCUT2D eigenvalue weighted by Crippen LogP contribution is -2.32. The van der Waals surface area contributed by atoms with Gasteiger partial charge in [0.1, 0.15) is 12.9 Å². The molecule has 6 heteroatoms. The molecule has 0 atom stereocenters. The Bertz CT molecular complexity index is 354. The van der Waals surface area contributed by atoms with Gasteiger partial charge in [0.05, 0.1) is 12.1 Å². The maximum absolute atomic E-state index is 11.4. The Hall–Kier alpha value is -1.43. The van der Waals surface area contributed by atoms with Crippen LogP contribution in [0.1, 0.15) is 26.6 Å². The average molecular weight is 226 g/mol. The van der Waals surface area contributed by atoms with E-state index in [1.807, 2.05) is 27.8 Å². The van der Waals surface area contributed by atoms with Crippen molar-refractivity contribution >= 4 is 5.91 Å². The zero-order valence-corrected chi connectivity index (χ0v) is 10.1. The Kier molecular flexibility index (Phi) is 4.00. The maximum Gasteiger partial charge on any atom is 0.246 e. The van der Waals surface area contributed by atoms with Crippen molar-refractivity contribution in [2.45, 2.75) is 32.9 Å². The Morgan fingerprint density at radius 3 is 2.75 bits per heavy atom. The standard InChI is InChI=1S/C10H18N4O2/c1-10(2,3)16-6-9(15)11-5-8-13-12-7-14(8)4/h7H,5-6H2,1-4H3,(H,11,15). The molecule has 90 valence electrons. The van der Waals surface area contributed by atoms with Crippen molar-refractivity contribution in [3.63, 3.8) is 0 Å². The lowest BCUT2D eigenvalue weighted by atomic mass is 10.2. The second-order valence-corrected chi connectivity index (χ2v) is 4.54. The smallest absolute Gasteiger partial charge is 0.246 e. The summed E-state index contributed by atoms with van der Waals surface area (Å²) in [6.45, 7) is 6.14. The first kappa shape index (κ1) is 12.6. The number of nitrogens with one attached hydrogen (secondary N) is 1. The molecule has 1 amide bonds.